The van der Waals surface area contributed by atoms with Crippen molar-refractivity contribution in [2.24, 2.45) is 0 Å². The molecule has 0 spiro atoms. The Bertz CT molecular complexity index is 1200. The fourth-order valence-electron chi connectivity index (χ4n) is 2.68. The Labute approximate surface area is 195 Å². The fraction of sp³-hybridized carbons (Fsp3) is 0.0952. The second-order valence-electron chi connectivity index (χ2n) is 6.32. The van der Waals surface area contributed by atoms with Gasteiger partial charge in [-0.3, -0.25) is 9.52 Å². The molecule has 0 atom stereocenters. The number of hydrogen-bond acceptors (Lipinski definition) is 4. The minimum Gasteiger partial charge on any atom is -0.492 e. The van der Waals surface area contributed by atoms with Crippen LogP contribution >= 0.6 is 34.8 Å². The highest BCUT2D eigenvalue weighted by Crippen LogP contribution is 2.30. The fourth-order valence-corrected chi connectivity index (χ4v) is 4.40. The third-order valence-corrected chi connectivity index (χ3v) is 6.10. The normalized spacial score (nSPS) is 11.1. The number of hydrogen-bond donors (Lipinski definition) is 2. The van der Waals surface area contributed by atoms with Crippen molar-refractivity contribution >= 4 is 62.1 Å². The van der Waals surface area contributed by atoms with E-state index in [1.807, 2.05) is 0 Å². The Morgan fingerprint density at radius 3 is 2.16 bits per heavy atom. The molecule has 1 amide bonds. The zero-order chi connectivity index (χ0) is 22.6. The zero-order valence-electron chi connectivity index (χ0n) is 16.2. The molecular formula is C21H17Cl3N2O4S. The van der Waals surface area contributed by atoms with E-state index in [-0.39, 0.29) is 26.3 Å². The number of rotatable bonds is 7. The van der Waals surface area contributed by atoms with E-state index in [4.69, 9.17) is 39.5 Å². The van der Waals surface area contributed by atoms with E-state index in [2.05, 4.69) is 10.0 Å². The van der Waals surface area contributed by atoms with Crippen molar-refractivity contribution in [1.29, 1.82) is 0 Å². The molecule has 0 unspecified atom stereocenters. The lowest BCUT2D eigenvalue weighted by Gasteiger charge is -2.15. The predicted molar refractivity (Wildman–Crippen MR) is 124 cm³/mol. The van der Waals surface area contributed by atoms with Crippen molar-refractivity contribution in [3.8, 4) is 5.75 Å². The van der Waals surface area contributed by atoms with Gasteiger partial charge in [-0.1, -0.05) is 34.8 Å². The van der Waals surface area contributed by atoms with Gasteiger partial charge in [-0.2, -0.15) is 0 Å². The summed E-state index contributed by atoms with van der Waals surface area (Å²) < 4.78 is 33.7. The van der Waals surface area contributed by atoms with Gasteiger partial charge < -0.3 is 10.1 Å². The van der Waals surface area contributed by atoms with Gasteiger partial charge in [0.1, 0.15) is 5.75 Å². The van der Waals surface area contributed by atoms with E-state index in [0.29, 0.717) is 22.9 Å². The Morgan fingerprint density at radius 1 is 0.903 bits per heavy atom. The van der Waals surface area contributed by atoms with Gasteiger partial charge in [0.15, 0.2) is 0 Å². The zero-order valence-corrected chi connectivity index (χ0v) is 19.2. The molecule has 0 aliphatic rings. The second-order valence-corrected chi connectivity index (χ2v) is 9.31. The van der Waals surface area contributed by atoms with E-state index < -0.39 is 15.9 Å². The van der Waals surface area contributed by atoms with Crippen molar-refractivity contribution in [2.75, 3.05) is 16.6 Å². The third-order valence-electron chi connectivity index (χ3n) is 4.03. The van der Waals surface area contributed by atoms with E-state index in [1.165, 1.54) is 36.4 Å². The minimum atomic E-state index is -4.00. The average molecular weight is 500 g/mol. The summed E-state index contributed by atoms with van der Waals surface area (Å²) in [5.41, 5.74) is 0.763. The van der Waals surface area contributed by atoms with Gasteiger partial charge in [0, 0.05) is 20.6 Å². The highest BCUT2D eigenvalue weighted by molar-refractivity contribution is 7.92. The second kappa shape index (κ2) is 9.78. The molecule has 0 saturated carbocycles. The molecule has 162 valence electrons. The summed E-state index contributed by atoms with van der Waals surface area (Å²) in [6.07, 6.45) is 0. The number of ether oxygens (including phenoxy) is 1. The molecular weight excluding hydrogens is 483 g/mol. The lowest BCUT2D eigenvalue weighted by molar-refractivity contribution is 0.102. The van der Waals surface area contributed by atoms with E-state index in [9.17, 15) is 13.2 Å². The van der Waals surface area contributed by atoms with Gasteiger partial charge in [-0.25, -0.2) is 8.42 Å². The van der Waals surface area contributed by atoms with Crippen LogP contribution in [0.2, 0.25) is 15.1 Å². The lowest BCUT2D eigenvalue weighted by Crippen LogP contribution is -2.16. The van der Waals surface area contributed by atoms with Crippen molar-refractivity contribution in [1.82, 2.24) is 0 Å². The molecule has 3 rings (SSSR count). The molecule has 0 radical (unpaired) electrons. The number of sulfonamides is 1. The van der Waals surface area contributed by atoms with Gasteiger partial charge in [0.25, 0.3) is 15.9 Å². The van der Waals surface area contributed by atoms with Crippen molar-refractivity contribution in [3.05, 3.63) is 81.3 Å². The van der Waals surface area contributed by atoms with Gasteiger partial charge in [0.2, 0.25) is 0 Å². The minimum absolute atomic E-state index is 0.0848. The van der Waals surface area contributed by atoms with Crippen LogP contribution in [-0.4, -0.2) is 20.9 Å². The van der Waals surface area contributed by atoms with Crippen LogP contribution in [-0.2, 0) is 10.0 Å². The molecule has 0 bridgehead atoms. The van der Waals surface area contributed by atoms with Crippen LogP contribution in [0.25, 0.3) is 0 Å². The molecule has 3 aromatic rings. The number of halogens is 3. The first kappa shape index (κ1) is 23.2. The molecule has 0 heterocycles. The van der Waals surface area contributed by atoms with Crippen molar-refractivity contribution in [2.45, 2.75) is 11.8 Å². The summed E-state index contributed by atoms with van der Waals surface area (Å²) in [5.74, 6) is -0.115. The van der Waals surface area contributed by atoms with Crippen LogP contribution in [0.15, 0.2) is 65.6 Å². The summed E-state index contributed by atoms with van der Waals surface area (Å²) in [7, 11) is -4.00. The molecule has 31 heavy (non-hydrogen) atoms. The topological polar surface area (TPSA) is 84.5 Å². The van der Waals surface area contributed by atoms with Gasteiger partial charge >= 0.3 is 0 Å². The first-order valence-electron chi connectivity index (χ1n) is 9.00. The average Bonchev–Trinajstić information content (AvgIpc) is 2.68. The van der Waals surface area contributed by atoms with E-state index in [1.54, 1.807) is 31.2 Å². The highest BCUT2D eigenvalue weighted by atomic mass is 35.5. The summed E-state index contributed by atoms with van der Waals surface area (Å²) in [6.45, 7) is 2.11. The molecule has 2 N–H and O–H groups in total. The SMILES string of the molecule is CCOc1ccc(S(=O)(=O)Nc2cc(Cl)cc(Cl)c2)cc1NC(=O)c1ccc(Cl)cc1. The third kappa shape index (κ3) is 6.04. The van der Waals surface area contributed by atoms with Crippen LogP contribution in [0.5, 0.6) is 5.75 Å². The first-order valence-corrected chi connectivity index (χ1v) is 11.6. The van der Waals surface area contributed by atoms with E-state index in [0.717, 1.165) is 0 Å². The number of anilines is 2. The Kier molecular flexibility index (Phi) is 7.33. The van der Waals surface area contributed by atoms with Gasteiger partial charge in [-0.05, 0) is 67.6 Å². The molecule has 0 aliphatic heterocycles. The molecule has 10 heteroatoms. The molecule has 0 fully saturated rings. The van der Waals surface area contributed by atoms with Crippen LogP contribution in [0.3, 0.4) is 0 Å². The standard InChI is InChI=1S/C21H17Cl3N2O4S/c1-2-30-20-8-7-18(31(28,29)26-17-10-15(23)9-16(24)11-17)12-19(20)25-21(27)13-3-5-14(22)6-4-13/h3-12,26H,2H2,1H3,(H,25,27). The number of amides is 1. The van der Waals surface area contributed by atoms with Gasteiger partial charge in [-0.15, -0.1) is 0 Å². The van der Waals surface area contributed by atoms with Crippen molar-refractivity contribution in [3.63, 3.8) is 0 Å². The summed E-state index contributed by atoms with van der Waals surface area (Å²) in [5, 5.41) is 3.75. The first-order chi connectivity index (χ1) is 14.7. The molecule has 3 aromatic carbocycles. The van der Waals surface area contributed by atoms with Crippen molar-refractivity contribution < 1.29 is 17.9 Å². The summed E-state index contributed by atoms with van der Waals surface area (Å²) >= 11 is 17.7. The number of carbonyl (C=O) groups excluding carboxylic acids is 1. The molecule has 0 saturated heterocycles. The maximum atomic E-state index is 12.9. The predicted octanol–water partition coefficient (Wildman–Crippen LogP) is 6.10. The van der Waals surface area contributed by atoms with Crippen LogP contribution < -0.4 is 14.8 Å². The lowest BCUT2D eigenvalue weighted by atomic mass is 10.2. The van der Waals surface area contributed by atoms with E-state index >= 15 is 0 Å². The number of benzene rings is 3. The Hall–Kier alpha value is -2.45. The Morgan fingerprint density at radius 2 is 1.55 bits per heavy atom. The Balaban J connectivity index is 1.92. The largest absolute Gasteiger partial charge is 0.492 e. The molecule has 0 aliphatic carbocycles. The van der Waals surface area contributed by atoms with Crippen LogP contribution in [0.4, 0.5) is 11.4 Å². The summed E-state index contributed by atoms with van der Waals surface area (Å²) in [4.78, 5) is 12.5. The molecule has 0 aromatic heterocycles. The number of carbonyl (C=O) groups is 1. The van der Waals surface area contributed by atoms with Crippen LogP contribution in [0.1, 0.15) is 17.3 Å². The highest BCUT2D eigenvalue weighted by Gasteiger charge is 2.19. The molecule has 6 nitrogen and oxygen atoms in total. The summed E-state index contributed by atoms with van der Waals surface area (Å²) in [6, 6.07) is 14.8. The van der Waals surface area contributed by atoms with Crippen LogP contribution in [0, 0.1) is 0 Å². The maximum absolute atomic E-state index is 12.9. The quantitative estimate of drug-likeness (QED) is 0.411. The maximum Gasteiger partial charge on any atom is 0.261 e. The smallest absolute Gasteiger partial charge is 0.261 e. The number of nitrogens with one attached hydrogen (secondary N) is 2. The van der Waals surface area contributed by atoms with Gasteiger partial charge in [0.05, 0.1) is 22.9 Å². The monoisotopic (exact) mass is 498 g/mol.